The number of hydrogen-bond donors (Lipinski definition) is 0. The lowest BCUT2D eigenvalue weighted by molar-refractivity contribution is -0.137. The zero-order chi connectivity index (χ0) is 12.3. The van der Waals surface area contributed by atoms with E-state index in [1.165, 1.54) is 18.9 Å². The first-order valence-electron chi connectivity index (χ1n) is 6.08. The molecule has 3 nitrogen and oxygen atoms in total. The minimum Gasteiger partial charge on any atom is -0.463 e. The number of pyridine rings is 1. The third-order valence-corrected chi connectivity index (χ3v) is 2.34. The smallest absolute Gasteiger partial charge is 0.330 e. The standard InChI is InChI=1S/C14H19NO2/c1-2-3-4-5-11-17-14(16)9-8-13-7-6-10-15-12-13/h6-10,12H,2-5,11H2,1H3. The van der Waals surface area contributed by atoms with Crippen molar-refractivity contribution in [3.05, 3.63) is 36.2 Å². The quantitative estimate of drug-likeness (QED) is 0.412. The van der Waals surface area contributed by atoms with E-state index in [0.717, 1.165) is 18.4 Å². The average Bonchev–Trinajstić information content (AvgIpc) is 2.37. The number of carbonyl (C=O) groups is 1. The molecule has 0 saturated heterocycles. The van der Waals surface area contributed by atoms with Gasteiger partial charge in [0.2, 0.25) is 0 Å². The average molecular weight is 233 g/mol. The lowest BCUT2D eigenvalue weighted by Gasteiger charge is -2.00. The number of unbranched alkanes of at least 4 members (excludes halogenated alkanes) is 3. The normalized spacial score (nSPS) is 10.6. The van der Waals surface area contributed by atoms with E-state index >= 15 is 0 Å². The highest BCUT2D eigenvalue weighted by Gasteiger charge is 1.96. The molecule has 0 atom stereocenters. The predicted molar refractivity (Wildman–Crippen MR) is 68.4 cm³/mol. The largest absolute Gasteiger partial charge is 0.463 e. The minimum absolute atomic E-state index is 0.287. The fourth-order valence-electron chi connectivity index (χ4n) is 1.39. The van der Waals surface area contributed by atoms with Crippen LogP contribution < -0.4 is 0 Å². The molecular formula is C14H19NO2. The Kier molecular flexibility index (Phi) is 6.72. The number of esters is 1. The Morgan fingerprint density at radius 3 is 3.00 bits per heavy atom. The van der Waals surface area contributed by atoms with Crippen LogP contribution in [-0.4, -0.2) is 17.6 Å². The monoisotopic (exact) mass is 233 g/mol. The molecule has 0 aliphatic carbocycles. The van der Waals surface area contributed by atoms with Crippen LogP contribution >= 0.6 is 0 Å². The van der Waals surface area contributed by atoms with Crippen molar-refractivity contribution >= 4 is 12.0 Å². The van der Waals surface area contributed by atoms with Crippen LogP contribution in [0.2, 0.25) is 0 Å². The van der Waals surface area contributed by atoms with Gasteiger partial charge in [0.25, 0.3) is 0 Å². The number of ether oxygens (including phenoxy) is 1. The molecule has 0 bridgehead atoms. The lowest BCUT2D eigenvalue weighted by atomic mass is 10.2. The molecule has 0 radical (unpaired) electrons. The maximum atomic E-state index is 11.3. The molecule has 0 aliphatic rings. The summed E-state index contributed by atoms with van der Waals surface area (Å²) >= 11 is 0. The van der Waals surface area contributed by atoms with E-state index in [4.69, 9.17) is 4.74 Å². The SMILES string of the molecule is CCCCCCOC(=O)C=Cc1cccnc1. The zero-order valence-corrected chi connectivity index (χ0v) is 10.3. The summed E-state index contributed by atoms with van der Waals surface area (Å²) in [4.78, 5) is 15.3. The van der Waals surface area contributed by atoms with Crippen LogP contribution in [0.1, 0.15) is 38.2 Å². The Labute approximate surface area is 103 Å². The van der Waals surface area contributed by atoms with E-state index in [-0.39, 0.29) is 5.97 Å². The van der Waals surface area contributed by atoms with Crippen molar-refractivity contribution in [3.63, 3.8) is 0 Å². The van der Waals surface area contributed by atoms with Crippen LogP contribution in [0.25, 0.3) is 6.08 Å². The summed E-state index contributed by atoms with van der Waals surface area (Å²) in [5.74, 6) is -0.287. The molecule has 0 amide bonds. The van der Waals surface area contributed by atoms with E-state index in [2.05, 4.69) is 11.9 Å². The van der Waals surface area contributed by atoms with Gasteiger partial charge in [-0.3, -0.25) is 4.98 Å². The van der Waals surface area contributed by atoms with Gasteiger partial charge in [-0.25, -0.2) is 4.79 Å². The van der Waals surface area contributed by atoms with E-state index in [1.807, 2.05) is 12.1 Å². The van der Waals surface area contributed by atoms with Crippen molar-refractivity contribution in [2.45, 2.75) is 32.6 Å². The van der Waals surface area contributed by atoms with Gasteiger partial charge >= 0.3 is 5.97 Å². The molecule has 1 rings (SSSR count). The van der Waals surface area contributed by atoms with Crippen LogP contribution in [0.4, 0.5) is 0 Å². The van der Waals surface area contributed by atoms with Crippen LogP contribution in [0.5, 0.6) is 0 Å². The van der Waals surface area contributed by atoms with Gasteiger partial charge in [0.05, 0.1) is 6.61 Å². The van der Waals surface area contributed by atoms with Gasteiger partial charge < -0.3 is 4.74 Å². The van der Waals surface area contributed by atoms with Gasteiger partial charge in [0.15, 0.2) is 0 Å². The first-order valence-corrected chi connectivity index (χ1v) is 6.08. The number of nitrogens with zero attached hydrogens (tertiary/aromatic N) is 1. The second-order valence-electron chi connectivity index (χ2n) is 3.85. The fourth-order valence-corrected chi connectivity index (χ4v) is 1.39. The summed E-state index contributed by atoms with van der Waals surface area (Å²) in [5.41, 5.74) is 0.899. The van der Waals surface area contributed by atoms with Crippen LogP contribution in [0.3, 0.4) is 0 Å². The van der Waals surface area contributed by atoms with Gasteiger partial charge in [-0.05, 0) is 24.1 Å². The molecule has 17 heavy (non-hydrogen) atoms. The van der Waals surface area contributed by atoms with E-state index in [0.29, 0.717) is 6.61 Å². The number of aromatic nitrogens is 1. The minimum atomic E-state index is -0.287. The number of carbonyl (C=O) groups excluding carboxylic acids is 1. The summed E-state index contributed by atoms with van der Waals surface area (Å²) in [7, 11) is 0. The fraction of sp³-hybridized carbons (Fsp3) is 0.429. The zero-order valence-electron chi connectivity index (χ0n) is 10.3. The third-order valence-electron chi connectivity index (χ3n) is 2.34. The molecule has 0 saturated carbocycles. The van der Waals surface area contributed by atoms with Gasteiger partial charge in [0, 0.05) is 18.5 Å². The molecule has 3 heteroatoms. The number of rotatable bonds is 7. The summed E-state index contributed by atoms with van der Waals surface area (Å²) < 4.78 is 5.06. The molecule has 1 aromatic heterocycles. The second kappa shape index (κ2) is 8.50. The van der Waals surface area contributed by atoms with Gasteiger partial charge in [-0.1, -0.05) is 32.3 Å². The van der Waals surface area contributed by atoms with Crippen molar-refractivity contribution in [2.75, 3.05) is 6.61 Å². The van der Waals surface area contributed by atoms with Crippen molar-refractivity contribution < 1.29 is 9.53 Å². The third kappa shape index (κ3) is 6.51. The van der Waals surface area contributed by atoms with Crippen molar-refractivity contribution in [1.82, 2.24) is 4.98 Å². The second-order valence-corrected chi connectivity index (χ2v) is 3.85. The van der Waals surface area contributed by atoms with Crippen molar-refractivity contribution in [1.29, 1.82) is 0 Å². The van der Waals surface area contributed by atoms with Crippen molar-refractivity contribution in [3.8, 4) is 0 Å². The molecular weight excluding hydrogens is 214 g/mol. The summed E-state index contributed by atoms with van der Waals surface area (Å²) in [6.07, 6.45) is 11.0. The lowest BCUT2D eigenvalue weighted by Crippen LogP contribution is -2.02. The Hall–Kier alpha value is -1.64. The Balaban J connectivity index is 2.19. The molecule has 92 valence electrons. The highest BCUT2D eigenvalue weighted by molar-refractivity contribution is 5.86. The first-order chi connectivity index (χ1) is 8.33. The molecule has 0 aromatic carbocycles. The molecule has 0 N–H and O–H groups in total. The molecule has 0 aliphatic heterocycles. The van der Waals surface area contributed by atoms with Gasteiger partial charge in [0.1, 0.15) is 0 Å². The Morgan fingerprint density at radius 1 is 1.41 bits per heavy atom. The van der Waals surface area contributed by atoms with E-state index in [1.54, 1.807) is 18.5 Å². The van der Waals surface area contributed by atoms with Crippen LogP contribution in [0.15, 0.2) is 30.6 Å². The molecule has 0 unspecified atom stereocenters. The van der Waals surface area contributed by atoms with E-state index < -0.39 is 0 Å². The van der Waals surface area contributed by atoms with Gasteiger partial charge in [-0.2, -0.15) is 0 Å². The Morgan fingerprint density at radius 2 is 2.29 bits per heavy atom. The van der Waals surface area contributed by atoms with E-state index in [9.17, 15) is 4.79 Å². The topological polar surface area (TPSA) is 39.2 Å². The highest BCUT2D eigenvalue weighted by Crippen LogP contribution is 2.01. The summed E-state index contributed by atoms with van der Waals surface area (Å²) in [6, 6.07) is 3.72. The summed E-state index contributed by atoms with van der Waals surface area (Å²) in [6.45, 7) is 2.67. The number of hydrogen-bond acceptors (Lipinski definition) is 3. The molecule has 0 fully saturated rings. The van der Waals surface area contributed by atoms with Gasteiger partial charge in [-0.15, -0.1) is 0 Å². The Bertz CT molecular complexity index is 346. The maximum Gasteiger partial charge on any atom is 0.330 e. The molecule has 1 heterocycles. The summed E-state index contributed by atoms with van der Waals surface area (Å²) in [5, 5.41) is 0. The van der Waals surface area contributed by atoms with Crippen LogP contribution in [0, 0.1) is 0 Å². The maximum absolute atomic E-state index is 11.3. The molecule has 0 spiro atoms. The first kappa shape index (κ1) is 13.4. The van der Waals surface area contributed by atoms with Crippen molar-refractivity contribution in [2.24, 2.45) is 0 Å². The van der Waals surface area contributed by atoms with Crippen LogP contribution in [-0.2, 0) is 9.53 Å². The molecule has 1 aromatic rings. The highest BCUT2D eigenvalue weighted by atomic mass is 16.5. The predicted octanol–water partition coefficient (Wildman–Crippen LogP) is 3.22.